The number of amides is 1. The molecule has 4 heterocycles. The first-order chi connectivity index (χ1) is 26.9. The quantitative estimate of drug-likeness (QED) is 0.149. The zero-order chi connectivity index (χ0) is 39.3. The van der Waals surface area contributed by atoms with E-state index in [0.29, 0.717) is 66.6 Å². The Labute approximate surface area is 331 Å². The van der Waals surface area contributed by atoms with E-state index in [1.54, 1.807) is 6.07 Å². The average Bonchev–Trinajstić information content (AvgIpc) is 3.91. The summed E-state index contributed by atoms with van der Waals surface area (Å²) in [6.45, 7) is 8.27. The van der Waals surface area contributed by atoms with Crippen LogP contribution in [0.4, 0.5) is 5.69 Å². The van der Waals surface area contributed by atoms with Crippen molar-refractivity contribution in [2.45, 2.75) is 71.6 Å². The summed E-state index contributed by atoms with van der Waals surface area (Å²) >= 11 is 6.81. The Morgan fingerprint density at radius 3 is 2.55 bits per heavy atom. The number of likely N-dealkylation sites (tertiary alicyclic amines) is 1. The van der Waals surface area contributed by atoms with Crippen LogP contribution >= 0.6 is 11.8 Å². The van der Waals surface area contributed by atoms with Gasteiger partial charge in [-0.05, 0) is 104 Å². The number of hydrogen-bond acceptors (Lipinski definition) is 9. The largest absolute Gasteiger partial charge is 0.481 e. The van der Waals surface area contributed by atoms with E-state index in [-0.39, 0.29) is 11.9 Å². The monoisotopic (exact) mass is 775 g/mol. The Kier molecular flexibility index (Phi) is 10.2. The molecule has 13 heteroatoms. The van der Waals surface area contributed by atoms with Crippen LogP contribution in [0.15, 0.2) is 59.0 Å². The number of nitrogens with zero attached hydrogens (tertiary/aromatic N) is 7. The molecule has 1 aliphatic carbocycles. The van der Waals surface area contributed by atoms with E-state index in [1.165, 1.54) is 0 Å². The van der Waals surface area contributed by atoms with Crippen molar-refractivity contribution < 1.29 is 24.2 Å². The fraction of sp³-hybridized carbons (Fsp3) is 0.419. The molecule has 2 N–H and O–H groups in total. The van der Waals surface area contributed by atoms with Crippen LogP contribution in [0.1, 0.15) is 77.7 Å². The lowest BCUT2D eigenvalue weighted by Crippen LogP contribution is -2.39. The second-order valence-electron chi connectivity index (χ2n) is 16.1. The lowest BCUT2D eigenvalue weighted by atomic mass is 9.71. The van der Waals surface area contributed by atoms with Gasteiger partial charge in [-0.25, -0.2) is 14.4 Å². The molecule has 0 radical (unpaired) electrons. The fourth-order valence-electron chi connectivity index (χ4n) is 8.78. The summed E-state index contributed by atoms with van der Waals surface area (Å²) in [6.07, 6.45) is 4.37. The number of oxazole rings is 1. The number of aliphatic carboxylic acids is 1. The van der Waals surface area contributed by atoms with Gasteiger partial charge in [0.15, 0.2) is 5.58 Å². The first kappa shape index (κ1) is 37.8. The number of benzene rings is 3. The molecule has 1 saturated carbocycles. The molecule has 2 aromatic heterocycles. The molecule has 2 aliphatic heterocycles. The van der Waals surface area contributed by atoms with Crippen molar-refractivity contribution in [1.29, 1.82) is 5.26 Å². The van der Waals surface area contributed by atoms with Crippen molar-refractivity contribution in [2.24, 2.45) is 18.4 Å². The molecule has 56 heavy (non-hydrogen) atoms. The minimum atomic E-state index is -0.701. The maximum Gasteiger partial charge on any atom is 0.309 e. The van der Waals surface area contributed by atoms with Gasteiger partial charge in [0.25, 0.3) is 0 Å². The van der Waals surface area contributed by atoms with E-state index in [9.17, 15) is 25.1 Å². The van der Waals surface area contributed by atoms with E-state index in [0.717, 1.165) is 88.9 Å². The van der Waals surface area contributed by atoms with Crippen molar-refractivity contribution >= 4 is 40.4 Å². The number of aromatic nitrogens is 3. The maximum atomic E-state index is 13.9. The Morgan fingerprint density at radius 1 is 1.05 bits per heavy atom. The van der Waals surface area contributed by atoms with Gasteiger partial charge in [0.2, 0.25) is 11.7 Å². The molecule has 0 spiro atoms. The summed E-state index contributed by atoms with van der Waals surface area (Å²) in [5.41, 5.74) is 7.66. The van der Waals surface area contributed by atoms with Crippen LogP contribution in [0.25, 0.3) is 33.7 Å². The molecule has 1 saturated heterocycles. The highest BCUT2D eigenvalue weighted by molar-refractivity contribution is 6.38. The van der Waals surface area contributed by atoms with E-state index in [4.69, 9.17) is 26.2 Å². The van der Waals surface area contributed by atoms with Gasteiger partial charge in [0.05, 0.1) is 28.5 Å². The van der Waals surface area contributed by atoms with Crippen LogP contribution in [0, 0.1) is 29.6 Å². The van der Waals surface area contributed by atoms with Crippen LogP contribution in [0.3, 0.4) is 0 Å². The van der Waals surface area contributed by atoms with E-state index in [1.807, 2.05) is 74.0 Å². The van der Waals surface area contributed by atoms with Gasteiger partial charge in [0, 0.05) is 75.8 Å². The highest BCUT2D eigenvalue weighted by Crippen LogP contribution is 2.40. The third kappa shape index (κ3) is 7.21. The number of carboxylic acids is 1. The average molecular weight is 776 g/mol. The summed E-state index contributed by atoms with van der Waals surface area (Å²) in [6, 6.07) is 19.4. The van der Waals surface area contributed by atoms with Crippen LogP contribution in [-0.2, 0) is 31.4 Å². The molecule has 0 bridgehead atoms. The number of carbonyl (C=O) groups excluding carboxylic acids is 1. The van der Waals surface area contributed by atoms with Gasteiger partial charge < -0.3 is 19.2 Å². The first-order valence-electron chi connectivity index (χ1n) is 19.4. The van der Waals surface area contributed by atoms with Crippen LogP contribution in [0.5, 0.6) is 0 Å². The zero-order valence-electron chi connectivity index (χ0n) is 32.0. The summed E-state index contributed by atoms with van der Waals surface area (Å²) in [4.78, 5) is 39.8. The Bertz CT molecular complexity index is 2370. The Balaban J connectivity index is 0.988. The number of halogens is 1. The minimum Gasteiger partial charge on any atom is -0.481 e. The highest BCUT2D eigenvalue weighted by atomic mass is 35.5. The van der Waals surface area contributed by atoms with Crippen molar-refractivity contribution in [3.63, 3.8) is 0 Å². The van der Waals surface area contributed by atoms with Crippen molar-refractivity contribution in [3.8, 4) is 28.7 Å². The topological polar surface area (TPSA) is 152 Å². The molecular weight excluding hydrogens is 730 g/mol. The number of hydrogen-bond donors (Lipinski definition) is 2. The number of imidazole rings is 1. The number of anilines is 1. The predicted octanol–water partition coefficient (Wildman–Crippen LogP) is 7.08. The summed E-state index contributed by atoms with van der Waals surface area (Å²) < 4.78 is 9.23. The number of rotatable bonds is 9. The second-order valence-corrected chi connectivity index (χ2v) is 16.4. The number of aliphatic hydroxyl groups excluding tert-OH is 1. The molecule has 1 amide bonds. The molecule has 3 aliphatic rings. The third-order valence-electron chi connectivity index (χ3n) is 12.2. The van der Waals surface area contributed by atoms with Crippen LogP contribution < -0.4 is 4.42 Å². The molecule has 2 fully saturated rings. The van der Waals surface area contributed by atoms with E-state index >= 15 is 0 Å². The van der Waals surface area contributed by atoms with Gasteiger partial charge in [-0.2, -0.15) is 5.26 Å². The number of β-amino-alcohol motifs (C(OH)–C–C–N with tert-alkyl or cyclic N) is 1. The standard InChI is InChI=1S/C43H46ClN7O5/c1-26-33(8-5-9-34(26)40-47-35-19-28(18-30(21-45)38(35)56-40)23-49-16-12-32(52)24-49)29-6-4-7-31(20-29)51(44)41(53)39-46-36-25-50(17-13-37(36)48(39)3)22-27-10-14-43(2,15-11-27)42(54)55/h4-9,18-20,27,32,52H,10-17,22-25H2,1-3H3,(H,54,55). The number of fused-ring (bicyclic) bond motifs is 2. The number of carbonyl (C=O) groups is 2. The molecule has 5 aromatic rings. The van der Waals surface area contributed by atoms with Crippen molar-refractivity contribution in [1.82, 2.24) is 24.3 Å². The van der Waals surface area contributed by atoms with Gasteiger partial charge in [-0.3, -0.25) is 19.4 Å². The second kappa shape index (κ2) is 15.1. The van der Waals surface area contributed by atoms with E-state index in [2.05, 4.69) is 15.9 Å². The molecule has 1 atom stereocenters. The third-order valence-corrected chi connectivity index (χ3v) is 12.6. The van der Waals surface area contributed by atoms with Crippen molar-refractivity contribution in [3.05, 3.63) is 88.5 Å². The number of aliphatic hydroxyl groups is 1. The van der Waals surface area contributed by atoms with Crippen LogP contribution in [-0.4, -0.2) is 78.7 Å². The zero-order valence-corrected chi connectivity index (χ0v) is 32.7. The number of nitriles is 1. The summed E-state index contributed by atoms with van der Waals surface area (Å²) in [7, 11) is 1.87. The Morgan fingerprint density at radius 2 is 1.82 bits per heavy atom. The smallest absolute Gasteiger partial charge is 0.309 e. The summed E-state index contributed by atoms with van der Waals surface area (Å²) in [5, 5.41) is 29.6. The molecule has 8 rings (SSSR count). The summed E-state index contributed by atoms with van der Waals surface area (Å²) in [5.74, 6) is 0.0159. The highest BCUT2D eigenvalue weighted by Gasteiger charge is 2.38. The normalized spacial score (nSPS) is 21.6. The molecule has 1 unspecified atom stereocenters. The minimum absolute atomic E-state index is 0.277. The SMILES string of the molecule is Cc1c(-c2cccc(N(Cl)C(=O)c3nc4c(n3C)CCN(CC3CCC(C)(C(=O)O)CC3)C4)c2)cccc1-c1nc2cc(CN3CCC(O)C3)cc(C#N)c2o1. The van der Waals surface area contributed by atoms with Gasteiger partial charge in [0.1, 0.15) is 11.6 Å². The van der Waals surface area contributed by atoms with Crippen molar-refractivity contribution in [2.75, 3.05) is 30.6 Å². The fourth-order valence-corrected chi connectivity index (χ4v) is 8.96. The lowest BCUT2D eigenvalue weighted by Gasteiger charge is -2.37. The molecule has 290 valence electrons. The Hall–Kier alpha value is -5.06. The lowest BCUT2D eigenvalue weighted by molar-refractivity contribution is -0.150. The molecule has 3 aromatic carbocycles. The van der Waals surface area contributed by atoms with Gasteiger partial charge in [-0.15, -0.1) is 0 Å². The predicted molar refractivity (Wildman–Crippen MR) is 213 cm³/mol. The van der Waals surface area contributed by atoms with E-state index < -0.39 is 17.3 Å². The molecular formula is C43H46ClN7O5. The maximum absolute atomic E-state index is 13.9. The first-order valence-corrected chi connectivity index (χ1v) is 19.7. The van der Waals surface area contributed by atoms with Gasteiger partial charge >= 0.3 is 11.9 Å². The molecule has 12 nitrogen and oxygen atoms in total. The number of carboxylic acid groups (broad SMARTS) is 1. The van der Waals surface area contributed by atoms with Gasteiger partial charge in [-0.1, -0.05) is 24.3 Å². The van der Waals surface area contributed by atoms with Crippen LogP contribution in [0.2, 0.25) is 0 Å².